The Hall–Kier alpha value is -0.610. The van der Waals surface area contributed by atoms with Crippen molar-refractivity contribution in [3.05, 3.63) is 0 Å². The second kappa shape index (κ2) is 3.41. The van der Waals surface area contributed by atoms with Crippen LogP contribution in [0.1, 0.15) is 19.8 Å². The second-order valence-corrected chi connectivity index (χ2v) is 3.14. The van der Waals surface area contributed by atoms with Gasteiger partial charge in [0, 0.05) is 20.0 Å². The largest absolute Gasteiger partial charge is 0.465 e. The number of nitrogens with two attached hydrogens (primary N) is 1. The van der Waals surface area contributed by atoms with Gasteiger partial charge in [0.05, 0.1) is 12.7 Å². The summed E-state index contributed by atoms with van der Waals surface area (Å²) in [5.41, 5.74) is 4.96. The summed E-state index contributed by atoms with van der Waals surface area (Å²) < 4.78 is 9.84. The minimum atomic E-state index is -0.781. The number of carbonyl (C=O) groups excluding carboxylic acids is 1. The fourth-order valence-electron chi connectivity index (χ4n) is 1.36. The van der Waals surface area contributed by atoms with E-state index in [1.54, 1.807) is 14.0 Å². The molecule has 0 aromatic carbocycles. The van der Waals surface area contributed by atoms with Crippen LogP contribution in [0.2, 0.25) is 0 Å². The van der Waals surface area contributed by atoms with E-state index in [1.807, 2.05) is 0 Å². The first kappa shape index (κ1) is 9.48. The monoisotopic (exact) mass is 173 g/mol. The van der Waals surface area contributed by atoms with Gasteiger partial charge in [-0.25, -0.2) is 0 Å². The summed E-state index contributed by atoms with van der Waals surface area (Å²) in [4.78, 5) is 11.2. The number of methoxy groups -OCH3 is 1. The number of ether oxygens (including phenoxy) is 2. The second-order valence-electron chi connectivity index (χ2n) is 3.14. The third kappa shape index (κ3) is 1.59. The van der Waals surface area contributed by atoms with Crippen molar-refractivity contribution in [2.75, 3.05) is 13.7 Å². The maximum absolute atomic E-state index is 11.2. The average Bonchev–Trinajstić information content (AvgIpc) is 1.99. The van der Waals surface area contributed by atoms with Crippen LogP contribution >= 0.6 is 0 Å². The van der Waals surface area contributed by atoms with Crippen molar-refractivity contribution < 1.29 is 14.3 Å². The van der Waals surface area contributed by atoms with Crippen LogP contribution < -0.4 is 5.73 Å². The van der Waals surface area contributed by atoms with Crippen molar-refractivity contribution in [1.29, 1.82) is 0 Å². The van der Waals surface area contributed by atoms with Gasteiger partial charge >= 0.3 is 5.97 Å². The Morgan fingerprint density at radius 3 is 2.67 bits per heavy atom. The molecule has 70 valence electrons. The maximum Gasteiger partial charge on any atom is 0.326 e. The molecular weight excluding hydrogens is 158 g/mol. The molecule has 0 aromatic rings. The minimum absolute atomic E-state index is 0.124. The molecule has 0 unspecified atom stereocenters. The van der Waals surface area contributed by atoms with Crippen molar-refractivity contribution in [3.8, 4) is 0 Å². The highest BCUT2D eigenvalue weighted by Crippen LogP contribution is 2.32. The SMILES string of the molecule is CCOC(=O)C1(N)CC(OC)C1. The van der Waals surface area contributed by atoms with E-state index in [-0.39, 0.29) is 12.1 Å². The molecule has 2 N–H and O–H groups in total. The van der Waals surface area contributed by atoms with Gasteiger partial charge in [0.25, 0.3) is 0 Å². The molecule has 0 amide bonds. The van der Waals surface area contributed by atoms with E-state index in [0.29, 0.717) is 19.4 Å². The summed E-state index contributed by atoms with van der Waals surface area (Å²) in [7, 11) is 1.62. The summed E-state index contributed by atoms with van der Waals surface area (Å²) >= 11 is 0. The van der Waals surface area contributed by atoms with Crippen molar-refractivity contribution in [2.45, 2.75) is 31.4 Å². The Morgan fingerprint density at radius 2 is 2.25 bits per heavy atom. The molecule has 0 aromatic heterocycles. The Bertz CT molecular complexity index is 175. The maximum atomic E-state index is 11.2. The predicted molar refractivity (Wildman–Crippen MR) is 43.6 cm³/mol. The number of esters is 1. The molecule has 1 rings (SSSR count). The van der Waals surface area contributed by atoms with Crippen LogP contribution in [-0.4, -0.2) is 31.3 Å². The summed E-state index contributed by atoms with van der Waals surface area (Å²) in [6, 6.07) is 0. The van der Waals surface area contributed by atoms with Crippen LogP contribution in [0, 0.1) is 0 Å². The Morgan fingerprint density at radius 1 is 1.67 bits per heavy atom. The van der Waals surface area contributed by atoms with Crippen molar-refractivity contribution in [2.24, 2.45) is 5.73 Å². The van der Waals surface area contributed by atoms with Gasteiger partial charge in [-0.05, 0) is 6.92 Å². The third-order valence-corrected chi connectivity index (χ3v) is 2.20. The zero-order chi connectivity index (χ0) is 9.19. The molecule has 1 saturated carbocycles. The molecule has 1 fully saturated rings. The molecule has 0 bridgehead atoms. The quantitative estimate of drug-likeness (QED) is 0.613. The molecular formula is C8H15NO3. The molecule has 1 aliphatic rings. The third-order valence-electron chi connectivity index (χ3n) is 2.20. The van der Waals surface area contributed by atoms with Gasteiger partial charge in [0.2, 0.25) is 0 Å². The topological polar surface area (TPSA) is 61.5 Å². The van der Waals surface area contributed by atoms with Gasteiger partial charge in [0.1, 0.15) is 5.54 Å². The van der Waals surface area contributed by atoms with Crippen LogP contribution in [0.4, 0.5) is 0 Å². The summed E-state index contributed by atoms with van der Waals surface area (Å²) in [6.45, 7) is 2.16. The lowest BCUT2D eigenvalue weighted by molar-refractivity contribution is -0.159. The van der Waals surface area contributed by atoms with E-state index in [2.05, 4.69) is 0 Å². The molecule has 1 aliphatic carbocycles. The van der Waals surface area contributed by atoms with Crippen LogP contribution in [0.25, 0.3) is 0 Å². The van der Waals surface area contributed by atoms with Gasteiger partial charge in [-0.3, -0.25) is 4.79 Å². The fraction of sp³-hybridized carbons (Fsp3) is 0.875. The summed E-state index contributed by atoms with van der Waals surface area (Å²) in [5.74, 6) is -0.307. The predicted octanol–water partition coefficient (Wildman–Crippen LogP) is 0.0558. The molecule has 4 nitrogen and oxygen atoms in total. The molecule has 0 atom stereocenters. The van der Waals surface area contributed by atoms with E-state index in [1.165, 1.54) is 0 Å². The smallest absolute Gasteiger partial charge is 0.326 e. The van der Waals surface area contributed by atoms with Gasteiger partial charge in [-0.2, -0.15) is 0 Å². The Balaban J connectivity index is 2.38. The molecule has 0 aliphatic heterocycles. The molecule has 0 radical (unpaired) electrons. The Labute approximate surface area is 72.0 Å². The van der Waals surface area contributed by atoms with Gasteiger partial charge in [-0.15, -0.1) is 0 Å². The number of rotatable bonds is 3. The zero-order valence-electron chi connectivity index (χ0n) is 7.50. The number of carbonyl (C=O) groups is 1. The van der Waals surface area contributed by atoms with E-state index in [4.69, 9.17) is 15.2 Å². The normalized spacial score (nSPS) is 34.1. The summed E-state index contributed by atoms with van der Waals surface area (Å²) in [5, 5.41) is 0. The molecule has 0 saturated heterocycles. The van der Waals surface area contributed by atoms with E-state index in [0.717, 1.165) is 0 Å². The highest BCUT2D eigenvalue weighted by molar-refractivity contribution is 5.82. The van der Waals surface area contributed by atoms with Crippen LogP contribution in [-0.2, 0) is 14.3 Å². The van der Waals surface area contributed by atoms with Crippen molar-refractivity contribution >= 4 is 5.97 Å². The first-order valence-electron chi connectivity index (χ1n) is 4.11. The van der Waals surface area contributed by atoms with Crippen molar-refractivity contribution in [1.82, 2.24) is 0 Å². The van der Waals surface area contributed by atoms with Gasteiger partial charge < -0.3 is 15.2 Å². The molecule has 12 heavy (non-hydrogen) atoms. The standard InChI is InChI=1S/C8H15NO3/c1-3-12-7(10)8(9)4-6(5-8)11-2/h6H,3-5,9H2,1-2H3. The fourth-order valence-corrected chi connectivity index (χ4v) is 1.36. The zero-order valence-corrected chi connectivity index (χ0v) is 7.50. The van der Waals surface area contributed by atoms with Crippen LogP contribution in [0.5, 0.6) is 0 Å². The van der Waals surface area contributed by atoms with Gasteiger partial charge in [0.15, 0.2) is 0 Å². The lowest BCUT2D eigenvalue weighted by atomic mass is 9.75. The van der Waals surface area contributed by atoms with E-state index >= 15 is 0 Å². The lowest BCUT2D eigenvalue weighted by Crippen LogP contribution is -2.61. The highest BCUT2D eigenvalue weighted by Gasteiger charge is 2.48. The minimum Gasteiger partial charge on any atom is -0.465 e. The molecule has 0 spiro atoms. The number of hydrogen-bond acceptors (Lipinski definition) is 4. The first-order chi connectivity index (χ1) is 5.62. The average molecular weight is 173 g/mol. The van der Waals surface area contributed by atoms with Gasteiger partial charge in [-0.1, -0.05) is 0 Å². The molecule has 0 heterocycles. The van der Waals surface area contributed by atoms with Crippen LogP contribution in [0.15, 0.2) is 0 Å². The highest BCUT2D eigenvalue weighted by atomic mass is 16.5. The lowest BCUT2D eigenvalue weighted by Gasteiger charge is -2.41. The first-order valence-corrected chi connectivity index (χ1v) is 4.11. The van der Waals surface area contributed by atoms with E-state index < -0.39 is 5.54 Å². The molecule has 4 heteroatoms. The van der Waals surface area contributed by atoms with Crippen LogP contribution in [0.3, 0.4) is 0 Å². The van der Waals surface area contributed by atoms with Crippen molar-refractivity contribution in [3.63, 3.8) is 0 Å². The summed E-state index contributed by atoms with van der Waals surface area (Å²) in [6.07, 6.45) is 1.27. The number of hydrogen-bond donors (Lipinski definition) is 1. The van der Waals surface area contributed by atoms with E-state index in [9.17, 15) is 4.79 Å². The Kier molecular flexibility index (Phi) is 2.69.